The second-order valence-corrected chi connectivity index (χ2v) is 6.74. The van der Waals surface area contributed by atoms with Crippen LogP contribution >= 0.6 is 0 Å². The van der Waals surface area contributed by atoms with E-state index < -0.39 is 6.09 Å². The topological polar surface area (TPSA) is 94.6 Å². The molecule has 142 valence electrons. The molecular formula is C21H20N4O3. The van der Waals surface area contributed by atoms with Crippen molar-refractivity contribution in [2.24, 2.45) is 0 Å². The number of aromatic nitrogens is 1. The van der Waals surface area contributed by atoms with Crippen LogP contribution in [0, 0.1) is 0 Å². The SMILES string of the molecule is O=C(Nc1ccccc1)c1ccc(N[C@H]2CCN(C(=O)O)C2)c2cccnc12. The van der Waals surface area contributed by atoms with Crippen LogP contribution in [0.15, 0.2) is 60.8 Å². The molecule has 3 N–H and O–H groups in total. The number of pyridine rings is 1. The number of hydrogen-bond acceptors (Lipinski definition) is 4. The second kappa shape index (κ2) is 7.56. The van der Waals surface area contributed by atoms with Gasteiger partial charge in [0.25, 0.3) is 5.91 Å². The van der Waals surface area contributed by atoms with Crippen LogP contribution in [0.4, 0.5) is 16.2 Å². The van der Waals surface area contributed by atoms with Crippen molar-refractivity contribution in [2.75, 3.05) is 23.7 Å². The molecule has 2 amide bonds. The highest BCUT2D eigenvalue weighted by Crippen LogP contribution is 2.27. The number of carboxylic acid groups (broad SMARTS) is 1. The molecule has 1 saturated heterocycles. The molecule has 2 heterocycles. The van der Waals surface area contributed by atoms with E-state index in [9.17, 15) is 9.59 Å². The van der Waals surface area contributed by atoms with Crippen LogP contribution in [0.1, 0.15) is 16.8 Å². The normalized spacial score (nSPS) is 16.1. The Bertz CT molecular complexity index is 1020. The van der Waals surface area contributed by atoms with E-state index in [0.717, 1.165) is 23.2 Å². The van der Waals surface area contributed by atoms with Crippen molar-refractivity contribution in [3.63, 3.8) is 0 Å². The maximum Gasteiger partial charge on any atom is 0.407 e. The molecular weight excluding hydrogens is 356 g/mol. The van der Waals surface area contributed by atoms with Gasteiger partial charge in [0.15, 0.2) is 0 Å². The zero-order valence-corrected chi connectivity index (χ0v) is 15.1. The Labute approximate surface area is 162 Å². The van der Waals surface area contributed by atoms with E-state index >= 15 is 0 Å². The molecule has 0 spiro atoms. The van der Waals surface area contributed by atoms with Gasteiger partial charge in [0, 0.05) is 42.1 Å². The molecule has 0 aliphatic carbocycles. The molecule has 1 aliphatic heterocycles. The standard InChI is InChI=1S/C21H20N4O3/c26-20(24-14-5-2-1-3-6-14)17-8-9-18(16-7-4-11-22-19(16)17)23-15-10-12-25(13-15)21(27)28/h1-9,11,15,23H,10,12-13H2,(H,24,26)(H,27,28)/t15-/m0/s1. The van der Waals surface area contributed by atoms with Crippen LogP contribution in [-0.4, -0.2) is 46.1 Å². The molecule has 1 aliphatic rings. The lowest BCUT2D eigenvalue weighted by Crippen LogP contribution is -2.30. The summed E-state index contributed by atoms with van der Waals surface area (Å²) >= 11 is 0. The summed E-state index contributed by atoms with van der Waals surface area (Å²) in [6, 6.07) is 16.6. The lowest BCUT2D eigenvalue weighted by Gasteiger charge is -2.17. The molecule has 7 heteroatoms. The largest absolute Gasteiger partial charge is 0.465 e. The molecule has 0 unspecified atom stereocenters. The fourth-order valence-corrected chi connectivity index (χ4v) is 3.47. The van der Waals surface area contributed by atoms with E-state index in [1.54, 1.807) is 12.3 Å². The molecule has 1 fully saturated rings. The Hall–Kier alpha value is -3.61. The molecule has 1 aromatic heterocycles. The maximum atomic E-state index is 12.8. The molecule has 0 saturated carbocycles. The smallest absolute Gasteiger partial charge is 0.407 e. The van der Waals surface area contributed by atoms with Crippen molar-refractivity contribution < 1.29 is 14.7 Å². The predicted octanol–water partition coefficient (Wildman–Crippen LogP) is 3.65. The Morgan fingerprint density at radius 1 is 1.07 bits per heavy atom. The predicted molar refractivity (Wildman–Crippen MR) is 108 cm³/mol. The number of rotatable bonds is 4. The van der Waals surface area contributed by atoms with Gasteiger partial charge in [-0.3, -0.25) is 9.78 Å². The first kappa shape index (κ1) is 17.8. The highest BCUT2D eigenvalue weighted by molar-refractivity contribution is 6.13. The number of nitrogens with zero attached hydrogens (tertiary/aromatic N) is 2. The van der Waals surface area contributed by atoms with Gasteiger partial charge in [0.2, 0.25) is 0 Å². The fourth-order valence-electron chi connectivity index (χ4n) is 3.47. The van der Waals surface area contributed by atoms with E-state index in [4.69, 9.17) is 5.11 Å². The highest BCUT2D eigenvalue weighted by atomic mass is 16.4. The number of carbonyl (C=O) groups is 2. The third-order valence-electron chi connectivity index (χ3n) is 4.86. The van der Waals surface area contributed by atoms with Gasteiger partial charge in [0.1, 0.15) is 0 Å². The number of benzene rings is 2. The van der Waals surface area contributed by atoms with Gasteiger partial charge in [-0.05, 0) is 42.8 Å². The molecule has 3 aromatic rings. The van der Waals surface area contributed by atoms with E-state index in [1.165, 1.54) is 4.90 Å². The first-order valence-corrected chi connectivity index (χ1v) is 9.10. The zero-order valence-electron chi connectivity index (χ0n) is 15.1. The number of nitrogens with one attached hydrogen (secondary N) is 2. The van der Waals surface area contributed by atoms with E-state index in [-0.39, 0.29) is 11.9 Å². The molecule has 4 rings (SSSR count). The van der Waals surface area contributed by atoms with Crippen molar-refractivity contribution in [1.82, 2.24) is 9.88 Å². The summed E-state index contributed by atoms with van der Waals surface area (Å²) in [5.41, 5.74) is 2.66. The van der Waals surface area contributed by atoms with Crippen molar-refractivity contribution in [1.29, 1.82) is 0 Å². The summed E-state index contributed by atoms with van der Waals surface area (Å²) in [6.45, 7) is 0.952. The molecule has 7 nitrogen and oxygen atoms in total. The summed E-state index contributed by atoms with van der Waals surface area (Å²) in [7, 11) is 0. The van der Waals surface area contributed by atoms with Gasteiger partial charge in [-0.2, -0.15) is 0 Å². The maximum absolute atomic E-state index is 12.8. The summed E-state index contributed by atoms with van der Waals surface area (Å²) in [5, 5.41) is 16.3. The third kappa shape index (κ3) is 3.59. The highest BCUT2D eigenvalue weighted by Gasteiger charge is 2.26. The van der Waals surface area contributed by atoms with E-state index in [1.807, 2.05) is 48.5 Å². The average molecular weight is 376 g/mol. The van der Waals surface area contributed by atoms with Gasteiger partial charge < -0.3 is 20.6 Å². The third-order valence-corrected chi connectivity index (χ3v) is 4.86. The number of anilines is 2. The van der Waals surface area contributed by atoms with Crippen LogP contribution in [0.3, 0.4) is 0 Å². The molecule has 1 atom stereocenters. The van der Waals surface area contributed by atoms with Crippen LogP contribution < -0.4 is 10.6 Å². The summed E-state index contributed by atoms with van der Waals surface area (Å²) < 4.78 is 0. The molecule has 0 bridgehead atoms. The summed E-state index contributed by atoms with van der Waals surface area (Å²) in [6.07, 6.45) is 1.50. The molecule has 28 heavy (non-hydrogen) atoms. The Morgan fingerprint density at radius 2 is 1.89 bits per heavy atom. The van der Waals surface area contributed by atoms with Gasteiger partial charge in [-0.1, -0.05) is 18.2 Å². The van der Waals surface area contributed by atoms with Crippen molar-refractivity contribution in [2.45, 2.75) is 12.5 Å². The minimum Gasteiger partial charge on any atom is -0.465 e. The minimum atomic E-state index is -0.899. The Morgan fingerprint density at radius 3 is 2.64 bits per heavy atom. The average Bonchev–Trinajstić information content (AvgIpc) is 3.18. The van der Waals surface area contributed by atoms with Gasteiger partial charge in [-0.15, -0.1) is 0 Å². The monoisotopic (exact) mass is 376 g/mol. The van der Waals surface area contributed by atoms with Gasteiger partial charge >= 0.3 is 6.09 Å². The molecule has 0 radical (unpaired) electrons. The Kier molecular flexibility index (Phi) is 4.80. The van der Waals surface area contributed by atoms with E-state index in [2.05, 4.69) is 15.6 Å². The minimum absolute atomic E-state index is 0.0310. The number of carbonyl (C=O) groups excluding carboxylic acids is 1. The summed E-state index contributed by atoms with van der Waals surface area (Å²) in [5.74, 6) is -0.223. The van der Waals surface area contributed by atoms with E-state index in [0.29, 0.717) is 24.2 Å². The number of hydrogen-bond donors (Lipinski definition) is 3. The van der Waals surface area contributed by atoms with Crippen molar-refractivity contribution in [3.8, 4) is 0 Å². The van der Waals surface area contributed by atoms with Crippen LogP contribution in [0.2, 0.25) is 0 Å². The van der Waals surface area contributed by atoms with Crippen LogP contribution in [-0.2, 0) is 0 Å². The van der Waals surface area contributed by atoms with Gasteiger partial charge in [-0.25, -0.2) is 4.79 Å². The first-order chi connectivity index (χ1) is 13.6. The molecule has 2 aromatic carbocycles. The Balaban J connectivity index is 1.60. The quantitative estimate of drug-likeness (QED) is 0.646. The van der Waals surface area contributed by atoms with Crippen LogP contribution in [0.25, 0.3) is 10.9 Å². The zero-order chi connectivity index (χ0) is 19.5. The van der Waals surface area contributed by atoms with Crippen molar-refractivity contribution >= 4 is 34.3 Å². The first-order valence-electron chi connectivity index (χ1n) is 9.10. The number of para-hydroxylation sites is 1. The fraction of sp³-hybridized carbons (Fsp3) is 0.190. The van der Waals surface area contributed by atoms with Crippen LogP contribution in [0.5, 0.6) is 0 Å². The number of amides is 2. The number of likely N-dealkylation sites (tertiary alicyclic amines) is 1. The number of fused-ring (bicyclic) bond motifs is 1. The summed E-state index contributed by atoms with van der Waals surface area (Å²) in [4.78, 5) is 29.7. The lowest BCUT2D eigenvalue weighted by atomic mass is 10.1. The van der Waals surface area contributed by atoms with Crippen molar-refractivity contribution in [3.05, 3.63) is 66.4 Å². The van der Waals surface area contributed by atoms with Gasteiger partial charge in [0.05, 0.1) is 11.1 Å². The lowest BCUT2D eigenvalue weighted by molar-refractivity contribution is 0.102. The second-order valence-electron chi connectivity index (χ2n) is 6.74.